The second-order valence-electron chi connectivity index (χ2n) is 9.22. The highest BCUT2D eigenvalue weighted by molar-refractivity contribution is 5.69. The second kappa shape index (κ2) is 9.26. The zero-order chi connectivity index (χ0) is 28.9. The summed E-state index contributed by atoms with van der Waals surface area (Å²) < 4.78 is 74.3. The van der Waals surface area contributed by atoms with Gasteiger partial charge in [0.15, 0.2) is 23.1 Å². The predicted octanol–water partition coefficient (Wildman–Crippen LogP) is 4.64. The van der Waals surface area contributed by atoms with Crippen molar-refractivity contribution in [3.05, 3.63) is 59.9 Å². The Morgan fingerprint density at radius 1 is 1.13 bits per heavy atom. The molecule has 1 aliphatic heterocycles. The maximum absolute atomic E-state index is 13.1. The van der Waals surface area contributed by atoms with E-state index in [0.717, 1.165) is 24.6 Å². The molecule has 4 aromatic rings. The van der Waals surface area contributed by atoms with Crippen molar-refractivity contribution in [3.63, 3.8) is 0 Å². The lowest BCUT2D eigenvalue weighted by molar-refractivity contribution is -0.140. The van der Waals surface area contributed by atoms with E-state index in [9.17, 15) is 13.2 Å². The number of rotatable bonds is 6. The molecule has 0 spiro atoms. The largest absolute Gasteiger partial charge is 0.486 e. The van der Waals surface area contributed by atoms with Crippen LogP contribution in [0.2, 0.25) is 0 Å². The fourth-order valence-electron chi connectivity index (χ4n) is 4.52. The Labute approximate surface area is 220 Å². The number of nitrogens with zero attached hydrogens (tertiary/aromatic N) is 7. The predicted molar refractivity (Wildman–Crippen MR) is 132 cm³/mol. The van der Waals surface area contributed by atoms with Gasteiger partial charge in [0.05, 0.1) is 29.6 Å². The van der Waals surface area contributed by atoms with Gasteiger partial charge in [-0.3, -0.25) is 0 Å². The quantitative estimate of drug-likeness (QED) is 0.359. The van der Waals surface area contributed by atoms with Gasteiger partial charge >= 0.3 is 6.18 Å². The first-order valence-corrected chi connectivity index (χ1v) is 12.0. The lowest BCUT2D eigenvalue weighted by Gasteiger charge is -2.30. The summed E-state index contributed by atoms with van der Waals surface area (Å²) in [6, 6.07) is 7.11. The molecule has 0 atom stereocenters. The Bertz CT molecular complexity index is 1590. The number of halogens is 3. The summed E-state index contributed by atoms with van der Waals surface area (Å²) >= 11 is 0. The number of ether oxygens (including phenoxy) is 2. The number of methoxy groups -OCH3 is 1. The van der Waals surface area contributed by atoms with Gasteiger partial charge in [-0.2, -0.15) is 13.2 Å². The molecular formula is C26H24F3N7O2. The molecule has 1 fully saturated rings. The summed E-state index contributed by atoms with van der Waals surface area (Å²) in [5.74, 6) is 1.45. The van der Waals surface area contributed by atoms with E-state index < -0.39 is 18.9 Å². The molecule has 196 valence electrons. The maximum atomic E-state index is 13.1. The Morgan fingerprint density at radius 3 is 2.66 bits per heavy atom. The van der Waals surface area contributed by atoms with Crippen molar-refractivity contribution in [1.29, 1.82) is 0 Å². The number of hydrogen-bond acceptors (Lipinski definition) is 8. The van der Waals surface area contributed by atoms with Gasteiger partial charge in [0.1, 0.15) is 24.3 Å². The summed E-state index contributed by atoms with van der Waals surface area (Å²) in [6.45, 7) is 1.34. The van der Waals surface area contributed by atoms with Gasteiger partial charge in [0, 0.05) is 31.3 Å². The van der Waals surface area contributed by atoms with Crippen LogP contribution in [0.5, 0.6) is 11.6 Å². The zero-order valence-corrected chi connectivity index (χ0v) is 20.2. The van der Waals surface area contributed by atoms with Crippen LogP contribution >= 0.6 is 0 Å². The van der Waals surface area contributed by atoms with E-state index in [1.54, 1.807) is 12.1 Å². The van der Waals surface area contributed by atoms with Gasteiger partial charge in [0.25, 0.3) is 0 Å². The molecule has 4 heterocycles. The van der Waals surface area contributed by atoms with Crippen LogP contribution in [0.15, 0.2) is 43.0 Å². The summed E-state index contributed by atoms with van der Waals surface area (Å²) in [5.41, 5.74) is 1.48. The van der Waals surface area contributed by atoms with Crippen LogP contribution in [0.4, 0.5) is 19.0 Å². The van der Waals surface area contributed by atoms with Crippen LogP contribution in [0.3, 0.4) is 0 Å². The molecular weight excluding hydrogens is 499 g/mol. The van der Waals surface area contributed by atoms with Gasteiger partial charge in [-0.25, -0.2) is 24.9 Å². The lowest BCUT2D eigenvalue weighted by Crippen LogP contribution is -2.33. The standard InChI is InChI=1S/C26H24F3N7O2/c1-35-13-19(26(27,28)29)33-23(35)17-5-3-15(4-6-17)12-36-9-10-38-18-11-30-22(34-24(18)36)20-21(16-7-8-16)31-14-32-25(20)37-2/h3-6,11,13-14,16H,7-10,12H2,1-2H3/i2D3. The number of anilines is 1. The van der Waals surface area contributed by atoms with Crippen LogP contribution in [0.25, 0.3) is 22.8 Å². The van der Waals surface area contributed by atoms with Gasteiger partial charge in [-0.05, 0) is 18.4 Å². The Hall–Kier alpha value is -4.22. The third-order valence-corrected chi connectivity index (χ3v) is 6.53. The molecule has 1 aliphatic carbocycles. The minimum absolute atomic E-state index is 0.108. The normalized spacial score (nSPS) is 16.7. The number of aryl methyl sites for hydroxylation is 1. The van der Waals surface area contributed by atoms with Crippen LogP contribution < -0.4 is 14.4 Å². The molecule has 3 aromatic heterocycles. The fourth-order valence-corrected chi connectivity index (χ4v) is 4.52. The molecule has 1 saturated carbocycles. The van der Waals surface area contributed by atoms with E-state index in [1.165, 1.54) is 24.1 Å². The van der Waals surface area contributed by atoms with Gasteiger partial charge < -0.3 is 18.9 Å². The minimum atomic E-state index is -4.52. The first-order chi connectivity index (χ1) is 19.5. The zero-order valence-electron chi connectivity index (χ0n) is 23.2. The summed E-state index contributed by atoms with van der Waals surface area (Å²) in [4.78, 5) is 23.4. The molecule has 0 bridgehead atoms. The molecule has 6 rings (SSSR count). The van der Waals surface area contributed by atoms with Gasteiger partial charge in [0.2, 0.25) is 5.88 Å². The number of imidazole rings is 1. The van der Waals surface area contributed by atoms with E-state index >= 15 is 0 Å². The van der Waals surface area contributed by atoms with Crippen LogP contribution in [-0.4, -0.2) is 49.7 Å². The minimum Gasteiger partial charge on any atom is -0.486 e. The molecule has 0 unspecified atom stereocenters. The van der Waals surface area contributed by atoms with Crippen molar-refractivity contribution in [2.45, 2.75) is 31.5 Å². The van der Waals surface area contributed by atoms with E-state index in [1.807, 2.05) is 17.0 Å². The average Bonchev–Trinajstić information content (AvgIpc) is 3.68. The van der Waals surface area contributed by atoms with E-state index in [-0.39, 0.29) is 23.4 Å². The van der Waals surface area contributed by atoms with Crippen molar-refractivity contribution < 1.29 is 26.8 Å². The van der Waals surface area contributed by atoms with E-state index in [4.69, 9.17) is 18.6 Å². The molecule has 2 aliphatic rings. The highest BCUT2D eigenvalue weighted by Crippen LogP contribution is 2.45. The first-order valence-electron chi connectivity index (χ1n) is 13.5. The summed E-state index contributed by atoms with van der Waals surface area (Å²) in [5, 5.41) is 0. The molecule has 12 heteroatoms. The van der Waals surface area contributed by atoms with Crippen molar-refractivity contribution in [3.8, 4) is 34.4 Å². The molecule has 0 amide bonds. The first kappa shape index (κ1) is 20.8. The fraction of sp³-hybridized carbons (Fsp3) is 0.346. The molecule has 0 N–H and O–H groups in total. The maximum Gasteiger partial charge on any atom is 0.434 e. The average molecular weight is 527 g/mol. The third kappa shape index (κ3) is 4.50. The van der Waals surface area contributed by atoms with Crippen molar-refractivity contribution in [2.75, 3.05) is 25.1 Å². The SMILES string of the molecule is [2H]C([2H])([2H])Oc1ncnc(C2CC2)c1-c1ncc2c(n1)N(Cc1ccc(-c3nc(C(F)(F)F)cn3C)cc1)CCO2. The van der Waals surface area contributed by atoms with Gasteiger partial charge in [-0.15, -0.1) is 0 Å². The van der Waals surface area contributed by atoms with Crippen LogP contribution in [-0.2, 0) is 19.8 Å². The highest BCUT2D eigenvalue weighted by Gasteiger charge is 2.35. The second-order valence-corrected chi connectivity index (χ2v) is 9.22. The number of benzene rings is 1. The molecule has 0 radical (unpaired) electrons. The topological polar surface area (TPSA) is 91.1 Å². The lowest BCUT2D eigenvalue weighted by atomic mass is 10.1. The van der Waals surface area contributed by atoms with Gasteiger partial charge in [-0.1, -0.05) is 24.3 Å². The van der Waals surface area contributed by atoms with E-state index in [0.29, 0.717) is 48.1 Å². The summed E-state index contributed by atoms with van der Waals surface area (Å²) in [7, 11) is -1.20. The van der Waals surface area contributed by atoms with E-state index in [2.05, 4.69) is 19.9 Å². The Kier molecular flexibility index (Phi) is 5.07. The number of fused-ring (bicyclic) bond motifs is 1. The number of aromatic nitrogens is 6. The number of alkyl halides is 3. The third-order valence-electron chi connectivity index (χ3n) is 6.53. The summed E-state index contributed by atoms with van der Waals surface area (Å²) in [6.07, 6.45) is 1.07. The van der Waals surface area contributed by atoms with Crippen molar-refractivity contribution >= 4 is 5.82 Å². The van der Waals surface area contributed by atoms with Crippen LogP contribution in [0.1, 0.15) is 39.8 Å². The molecule has 38 heavy (non-hydrogen) atoms. The monoisotopic (exact) mass is 526 g/mol. The van der Waals surface area contributed by atoms with Crippen LogP contribution in [0, 0.1) is 0 Å². The van der Waals surface area contributed by atoms with Crippen molar-refractivity contribution in [2.24, 2.45) is 7.05 Å². The van der Waals surface area contributed by atoms with Crippen molar-refractivity contribution in [1.82, 2.24) is 29.5 Å². The molecule has 9 nitrogen and oxygen atoms in total. The molecule has 1 aromatic carbocycles. The molecule has 0 saturated heterocycles. The number of hydrogen-bond donors (Lipinski definition) is 0. The smallest absolute Gasteiger partial charge is 0.434 e. The Morgan fingerprint density at radius 2 is 1.95 bits per heavy atom. The Balaban J connectivity index is 1.30. The highest BCUT2D eigenvalue weighted by atomic mass is 19.4.